The highest BCUT2D eigenvalue weighted by Gasteiger charge is 2.08. The Morgan fingerprint density at radius 2 is 2.22 bits per heavy atom. The summed E-state index contributed by atoms with van der Waals surface area (Å²) in [5.74, 6) is -0.396. The van der Waals surface area contributed by atoms with Crippen molar-refractivity contribution < 1.29 is 15.0 Å². The number of aryl methyl sites for hydroxylation is 1. The van der Waals surface area contributed by atoms with E-state index < -0.39 is 5.97 Å². The van der Waals surface area contributed by atoms with Crippen molar-refractivity contribution in [3.63, 3.8) is 0 Å². The summed E-state index contributed by atoms with van der Waals surface area (Å²) in [6.07, 6.45) is 1.90. The largest absolute Gasteiger partial charge is 0.478 e. The number of pyridine rings is 1. The monoisotopic (exact) mass is 252 g/mol. The number of hydrogen-bond acceptors (Lipinski definition) is 4. The van der Waals surface area contributed by atoms with Crippen LogP contribution in [-0.4, -0.2) is 33.8 Å². The molecular weight excluding hydrogens is 232 g/mol. The highest BCUT2D eigenvalue weighted by molar-refractivity contribution is 5.88. The molecule has 0 radical (unpaired) electrons. The number of aliphatic hydroxyl groups is 1. The highest BCUT2D eigenvalue weighted by Crippen LogP contribution is 2.12. The molecule has 0 saturated heterocycles. The van der Waals surface area contributed by atoms with E-state index in [-0.39, 0.29) is 11.7 Å². The van der Waals surface area contributed by atoms with Crippen LogP contribution >= 0.6 is 0 Å². The quantitative estimate of drug-likeness (QED) is 0.690. The molecule has 0 spiro atoms. The van der Waals surface area contributed by atoms with Crippen molar-refractivity contribution in [3.05, 3.63) is 23.4 Å². The number of hydrogen-bond donors (Lipinski definition) is 3. The molecule has 0 fully saturated rings. The van der Waals surface area contributed by atoms with Crippen molar-refractivity contribution in [1.29, 1.82) is 0 Å². The van der Waals surface area contributed by atoms with E-state index in [0.29, 0.717) is 18.8 Å². The molecule has 1 unspecified atom stereocenters. The molecule has 1 atom stereocenters. The number of carboxylic acids is 1. The molecule has 0 aliphatic carbocycles. The predicted molar refractivity (Wildman–Crippen MR) is 70.0 cm³/mol. The van der Waals surface area contributed by atoms with Gasteiger partial charge < -0.3 is 15.5 Å². The maximum absolute atomic E-state index is 11.0. The van der Waals surface area contributed by atoms with Crippen LogP contribution < -0.4 is 5.32 Å². The fourth-order valence-corrected chi connectivity index (χ4v) is 1.60. The molecule has 18 heavy (non-hydrogen) atoms. The van der Waals surface area contributed by atoms with Crippen LogP contribution in [0.5, 0.6) is 0 Å². The standard InChI is InChI=1S/C13H20N2O3/c1-3-4-11-7-10(13(17)18)8-12(15-11)14-6-5-9(2)16/h7-9,16H,3-6H2,1-2H3,(H,14,15)(H,17,18). The Bertz CT molecular complexity index is 405. The van der Waals surface area contributed by atoms with E-state index in [1.165, 1.54) is 6.07 Å². The summed E-state index contributed by atoms with van der Waals surface area (Å²) in [5.41, 5.74) is 1.02. The van der Waals surface area contributed by atoms with Gasteiger partial charge in [-0.2, -0.15) is 0 Å². The van der Waals surface area contributed by atoms with Gasteiger partial charge in [-0.1, -0.05) is 13.3 Å². The van der Waals surface area contributed by atoms with Gasteiger partial charge in [-0.05, 0) is 31.9 Å². The van der Waals surface area contributed by atoms with Gasteiger partial charge in [0.05, 0.1) is 11.7 Å². The molecule has 0 bridgehead atoms. The second-order valence-corrected chi connectivity index (χ2v) is 4.35. The summed E-state index contributed by atoms with van der Waals surface area (Å²) in [6.45, 7) is 4.31. The van der Waals surface area contributed by atoms with Crippen LogP contribution in [0, 0.1) is 0 Å². The maximum atomic E-state index is 11.0. The van der Waals surface area contributed by atoms with E-state index in [2.05, 4.69) is 10.3 Å². The van der Waals surface area contributed by atoms with Crippen LogP contribution in [0.25, 0.3) is 0 Å². The average molecular weight is 252 g/mol. The lowest BCUT2D eigenvalue weighted by molar-refractivity contribution is 0.0696. The van der Waals surface area contributed by atoms with Crippen LogP contribution in [0.3, 0.4) is 0 Å². The van der Waals surface area contributed by atoms with Gasteiger partial charge in [-0.3, -0.25) is 0 Å². The molecule has 3 N–H and O–H groups in total. The van der Waals surface area contributed by atoms with Crippen molar-refractivity contribution in [3.8, 4) is 0 Å². The van der Waals surface area contributed by atoms with Gasteiger partial charge in [-0.25, -0.2) is 9.78 Å². The molecule has 5 heteroatoms. The van der Waals surface area contributed by atoms with E-state index in [9.17, 15) is 4.79 Å². The SMILES string of the molecule is CCCc1cc(C(=O)O)cc(NCCC(C)O)n1. The third-order valence-electron chi connectivity index (χ3n) is 2.50. The number of nitrogens with zero attached hydrogens (tertiary/aromatic N) is 1. The number of aliphatic hydroxyl groups excluding tert-OH is 1. The first kappa shape index (κ1) is 14.4. The molecule has 1 aromatic heterocycles. The Morgan fingerprint density at radius 3 is 2.78 bits per heavy atom. The molecule has 0 aliphatic rings. The van der Waals surface area contributed by atoms with Crippen LogP contribution in [0.1, 0.15) is 42.7 Å². The number of rotatable bonds is 7. The Labute approximate surface area is 107 Å². The first-order valence-corrected chi connectivity index (χ1v) is 6.19. The van der Waals surface area contributed by atoms with E-state index >= 15 is 0 Å². The molecule has 100 valence electrons. The first-order chi connectivity index (χ1) is 8.52. The number of aromatic nitrogens is 1. The van der Waals surface area contributed by atoms with Crippen LogP contribution in [0.2, 0.25) is 0 Å². The number of carbonyl (C=O) groups is 1. The van der Waals surface area contributed by atoms with E-state index in [1.807, 2.05) is 6.92 Å². The van der Waals surface area contributed by atoms with Crippen molar-refractivity contribution in [2.24, 2.45) is 0 Å². The predicted octanol–water partition coefficient (Wildman–Crippen LogP) is 1.92. The molecule has 1 aromatic rings. The topological polar surface area (TPSA) is 82.5 Å². The van der Waals surface area contributed by atoms with Gasteiger partial charge in [0.15, 0.2) is 0 Å². The maximum Gasteiger partial charge on any atom is 0.335 e. The van der Waals surface area contributed by atoms with Crippen LogP contribution in [-0.2, 0) is 6.42 Å². The van der Waals surface area contributed by atoms with Gasteiger partial charge in [0.1, 0.15) is 5.82 Å². The lowest BCUT2D eigenvalue weighted by Gasteiger charge is -2.09. The number of anilines is 1. The minimum absolute atomic E-state index is 0.244. The summed E-state index contributed by atoms with van der Waals surface area (Å²) in [4.78, 5) is 15.3. The normalized spacial score (nSPS) is 12.2. The second-order valence-electron chi connectivity index (χ2n) is 4.35. The van der Waals surface area contributed by atoms with Crippen molar-refractivity contribution in [1.82, 2.24) is 4.98 Å². The first-order valence-electron chi connectivity index (χ1n) is 6.19. The number of carboxylic acid groups (broad SMARTS) is 1. The number of nitrogens with one attached hydrogen (secondary N) is 1. The van der Waals surface area contributed by atoms with Gasteiger partial charge in [0.2, 0.25) is 0 Å². The summed E-state index contributed by atoms with van der Waals surface area (Å²) < 4.78 is 0. The van der Waals surface area contributed by atoms with Gasteiger partial charge in [0.25, 0.3) is 0 Å². The Hall–Kier alpha value is -1.62. The summed E-state index contributed by atoms with van der Waals surface area (Å²) in [5, 5.41) is 21.2. The molecule has 0 amide bonds. The average Bonchev–Trinajstić information content (AvgIpc) is 2.28. The third-order valence-corrected chi connectivity index (χ3v) is 2.50. The Balaban J connectivity index is 2.79. The minimum Gasteiger partial charge on any atom is -0.478 e. The van der Waals surface area contributed by atoms with Crippen molar-refractivity contribution in [2.45, 2.75) is 39.2 Å². The highest BCUT2D eigenvalue weighted by atomic mass is 16.4. The molecule has 0 aromatic carbocycles. The number of aromatic carboxylic acids is 1. The minimum atomic E-state index is -0.951. The van der Waals surface area contributed by atoms with Gasteiger partial charge in [-0.15, -0.1) is 0 Å². The van der Waals surface area contributed by atoms with Crippen LogP contribution in [0.4, 0.5) is 5.82 Å². The van der Waals surface area contributed by atoms with E-state index in [0.717, 1.165) is 18.5 Å². The molecule has 0 aliphatic heterocycles. The molecule has 1 heterocycles. The van der Waals surface area contributed by atoms with Gasteiger partial charge in [0, 0.05) is 12.2 Å². The van der Waals surface area contributed by atoms with E-state index in [1.54, 1.807) is 13.0 Å². The molecule has 1 rings (SSSR count). The second kappa shape index (κ2) is 6.96. The fourth-order valence-electron chi connectivity index (χ4n) is 1.60. The zero-order valence-corrected chi connectivity index (χ0v) is 10.8. The lowest BCUT2D eigenvalue weighted by Crippen LogP contribution is -2.12. The van der Waals surface area contributed by atoms with Gasteiger partial charge >= 0.3 is 5.97 Å². The fraction of sp³-hybridized carbons (Fsp3) is 0.538. The van der Waals surface area contributed by atoms with Crippen LogP contribution in [0.15, 0.2) is 12.1 Å². The zero-order chi connectivity index (χ0) is 13.5. The smallest absolute Gasteiger partial charge is 0.335 e. The lowest BCUT2D eigenvalue weighted by atomic mass is 10.1. The third kappa shape index (κ3) is 4.71. The molecule has 0 saturated carbocycles. The zero-order valence-electron chi connectivity index (χ0n) is 10.8. The Kier molecular flexibility index (Phi) is 5.58. The summed E-state index contributed by atoms with van der Waals surface area (Å²) >= 11 is 0. The Morgan fingerprint density at radius 1 is 1.50 bits per heavy atom. The molecule has 5 nitrogen and oxygen atoms in total. The summed E-state index contributed by atoms with van der Waals surface area (Å²) in [7, 11) is 0. The van der Waals surface area contributed by atoms with E-state index in [4.69, 9.17) is 10.2 Å². The molecular formula is C13H20N2O3. The van der Waals surface area contributed by atoms with Crippen molar-refractivity contribution in [2.75, 3.05) is 11.9 Å². The van der Waals surface area contributed by atoms with Crippen molar-refractivity contribution >= 4 is 11.8 Å². The summed E-state index contributed by atoms with van der Waals surface area (Å²) in [6, 6.07) is 3.12.